The molecular formula is C20H25FN2. The maximum Gasteiger partial charge on any atom is 0.126 e. The normalized spacial score (nSPS) is 18.4. The predicted octanol–water partition coefficient (Wildman–Crippen LogP) is 3.27. The first kappa shape index (κ1) is 16.2. The van der Waals surface area contributed by atoms with Gasteiger partial charge in [-0.15, -0.1) is 0 Å². The highest BCUT2D eigenvalue weighted by Crippen LogP contribution is 2.11. The van der Waals surface area contributed by atoms with Gasteiger partial charge >= 0.3 is 0 Å². The van der Waals surface area contributed by atoms with E-state index in [4.69, 9.17) is 0 Å². The molecule has 0 aliphatic carbocycles. The molecule has 1 atom stereocenters. The molecule has 23 heavy (non-hydrogen) atoms. The van der Waals surface area contributed by atoms with Crippen LogP contribution in [0.2, 0.25) is 0 Å². The lowest BCUT2D eigenvalue weighted by atomic mass is 10.1. The van der Waals surface area contributed by atoms with Crippen molar-refractivity contribution < 1.29 is 4.39 Å². The van der Waals surface area contributed by atoms with Crippen LogP contribution in [-0.2, 0) is 12.8 Å². The molecule has 0 amide bonds. The van der Waals surface area contributed by atoms with Crippen LogP contribution in [-0.4, -0.2) is 37.1 Å². The maximum atomic E-state index is 13.6. The van der Waals surface area contributed by atoms with Crippen molar-refractivity contribution in [3.63, 3.8) is 0 Å². The molecule has 1 fully saturated rings. The van der Waals surface area contributed by atoms with E-state index in [9.17, 15) is 4.39 Å². The number of rotatable bonds is 7. The first-order valence-corrected chi connectivity index (χ1v) is 8.54. The van der Waals surface area contributed by atoms with Gasteiger partial charge in [0.25, 0.3) is 0 Å². The summed E-state index contributed by atoms with van der Waals surface area (Å²) in [7, 11) is 0. The monoisotopic (exact) mass is 312 g/mol. The molecule has 3 rings (SSSR count). The first-order valence-electron chi connectivity index (χ1n) is 8.54. The highest BCUT2D eigenvalue weighted by molar-refractivity contribution is 5.17. The minimum absolute atomic E-state index is 0.0924. The number of nitrogens with zero attached hydrogens (tertiary/aromatic N) is 1. The van der Waals surface area contributed by atoms with E-state index in [0.29, 0.717) is 6.04 Å². The van der Waals surface area contributed by atoms with Gasteiger partial charge in [-0.1, -0.05) is 48.5 Å². The molecule has 3 heteroatoms. The number of likely N-dealkylation sites (tertiary alicyclic amines) is 1. The Labute approximate surface area is 138 Å². The molecule has 122 valence electrons. The zero-order chi connectivity index (χ0) is 15.9. The van der Waals surface area contributed by atoms with Gasteiger partial charge in [0.15, 0.2) is 0 Å². The Bertz CT molecular complexity index is 600. The van der Waals surface area contributed by atoms with Gasteiger partial charge in [-0.05, 0) is 49.5 Å². The van der Waals surface area contributed by atoms with Gasteiger partial charge in [0.05, 0.1) is 0 Å². The number of hydrogen-bond donors (Lipinski definition) is 1. The minimum atomic E-state index is -0.0924. The van der Waals surface area contributed by atoms with E-state index in [0.717, 1.165) is 44.6 Å². The fourth-order valence-corrected chi connectivity index (χ4v) is 3.25. The van der Waals surface area contributed by atoms with Crippen molar-refractivity contribution >= 4 is 0 Å². The smallest absolute Gasteiger partial charge is 0.126 e. The van der Waals surface area contributed by atoms with Crippen LogP contribution >= 0.6 is 0 Å². The largest absolute Gasteiger partial charge is 0.312 e. The van der Waals surface area contributed by atoms with Crippen molar-refractivity contribution in [2.75, 3.05) is 26.2 Å². The summed E-state index contributed by atoms with van der Waals surface area (Å²) in [5, 5.41) is 3.58. The minimum Gasteiger partial charge on any atom is -0.312 e. The molecule has 1 aliphatic rings. The van der Waals surface area contributed by atoms with Gasteiger partial charge in [0.2, 0.25) is 0 Å². The van der Waals surface area contributed by atoms with E-state index >= 15 is 0 Å². The van der Waals surface area contributed by atoms with Crippen LogP contribution < -0.4 is 5.32 Å². The second kappa shape index (κ2) is 8.23. The predicted molar refractivity (Wildman–Crippen MR) is 93.1 cm³/mol. The molecule has 1 aliphatic heterocycles. The lowest BCUT2D eigenvalue weighted by molar-refractivity contribution is 0.332. The molecule has 1 heterocycles. The number of nitrogens with one attached hydrogen (secondary N) is 1. The van der Waals surface area contributed by atoms with Gasteiger partial charge in [-0.2, -0.15) is 0 Å². The molecule has 0 saturated carbocycles. The molecule has 2 aromatic rings. The summed E-state index contributed by atoms with van der Waals surface area (Å²) in [6.45, 7) is 4.22. The van der Waals surface area contributed by atoms with Crippen molar-refractivity contribution in [2.45, 2.75) is 25.3 Å². The molecule has 0 spiro atoms. The Morgan fingerprint density at radius 2 is 1.78 bits per heavy atom. The summed E-state index contributed by atoms with van der Waals surface area (Å²) >= 11 is 0. The molecule has 0 aromatic heterocycles. The zero-order valence-corrected chi connectivity index (χ0v) is 13.5. The average Bonchev–Trinajstić information content (AvgIpc) is 3.04. The van der Waals surface area contributed by atoms with Crippen LogP contribution in [0, 0.1) is 5.82 Å². The average molecular weight is 312 g/mol. The molecule has 2 nitrogen and oxygen atoms in total. The fourth-order valence-electron chi connectivity index (χ4n) is 3.25. The molecule has 0 bridgehead atoms. The Morgan fingerprint density at radius 1 is 1.00 bits per heavy atom. The standard InChI is InChI=1S/C20H25FN2/c21-20-9-5-4-8-18(20)10-13-22-19-12-15-23(16-19)14-11-17-6-2-1-3-7-17/h1-9,19,22H,10-16H2. The maximum absolute atomic E-state index is 13.6. The third-order valence-corrected chi connectivity index (χ3v) is 4.62. The van der Waals surface area contributed by atoms with E-state index < -0.39 is 0 Å². The lowest BCUT2D eigenvalue weighted by Crippen LogP contribution is -2.34. The van der Waals surface area contributed by atoms with Crippen molar-refractivity contribution in [3.8, 4) is 0 Å². The fraction of sp³-hybridized carbons (Fsp3) is 0.400. The van der Waals surface area contributed by atoms with Crippen molar-refractivity contribution in [1.29, 1.82) is 0 Å². The van der Waals surface area contributed by atoms with Gasteiger partial charge in [0, 0.05) is 19.1 Å². The quantitative estimate of drug-likeness (QED) is 0.844. The Morgan fingerprint density at radius 3 is 2.61 bits per heavy atom. The van der Waals surface area contributed by atoms with E-state index in [1.54, 1.807) is 6.07 Å². The number of benzene rings is 2. The van der Waals surface area contributed by atoms with E-state index in [-0.39, 0.29) is 5.82 Å². The van der Waals surface area contributed by atoms with Crippen LogP contribution in [0.15, 0.2) is 54.6 Å². The Hall–Kier alpha value is -1.71. The number of hydrogen-bond acceptors (Lipinski definition) is 2. The second-order valence-corrected chi connectivity index (χ2v) is 6.32. The van der Waals surface area contributed by atoms with Gasteiger partial charge in [0.1, 0.15) is 5.82 Å². The molecule has 1 N–H and O–H groups in total. The first-order chi connectivity index (χ1) is 11.3. The Balaban J connectivity index is 1.36. The highest BCUT2D eigenvalue weighted by Gasteiger charge is 2.21. The molecule has 1 saturated heterocycles. The van der Waals surface area contributed by atoms with Crippen LogP contribution in [0.25, 0.3) is 0 Å². The third-order valence-electron chi connectivity index (χ3n) is 4.62. The highest BCUT2D eigenvalue weighted by atomic mass is 19.1. The van der Waals surface area contributed by atoms with Crippen molar-refractivity contribution in [1.82, 2.24) is 10.2 Å². The van der Waals surface area contributed by atoms with Crippen LogP contribution in [0.4, 0.5) is 4.39 Å². The van der Waals surface area contributed by atoms with Crippen molar-refractivity contribution in [3.05, 3.63) is 71.5 Å². The van der Waals surface area contributed by atoms with Gasteiger partial charge < -0.3 is 10.2 Å². The van der Waals surface area contributed by atoms with Gasteiger partial charge in [-0.25, -0.2) is 4.39 Å². The Kier molecular flexibility index (Phi) is 5.78. The van der Waals surface area contributed by atoms with E-state index in [2.05, 4.69) is 40.5 Å². The zero-order valence-electron chi connectivity index (χ0n) is 13.5. The molecule has 2 aromatic carbocycles. The molecule has 1 unspecified atom stereocenters. The third kappa shape index (κ3) is 4.88. The summed E-state index contributed by atoms with van der Waals surface area (Å²) in [4.78, 5) is 2.52. The van der Waals surface area contributed by atoms with E-state index in [1.165, 1.54) is 18.1 Å². The summed E-state index contributed by atoms with van der Waals surface area (Å²) in [5.41, 5.74) is 2.21. The molecular weight excluding hydrogens is 287 g/mol. The molecule has 0 radical (unpaired) electrons. The van der Waals surface area contributed by atoms with Crippen LogP contribution in [0.5, 0.6) is 0 Å². The second-order valence-electron chi connectivity index (χ2n) is 6.32. The van der Waals surface area contributed by atoms with Crippen molar-refractivity contribution in [2.24, 2.45) is 0 Å². The SMILES string of the molecule is Fc1ccccc1CCNC1CCN(CCc2ccccc2)C1. The topological polar surface area (TPSA) is 15.3 Å². The lowest BCUT2D eigenvalue weighted by Gasteiger charge is -2.17. The number of halogens is 1. The van der Waals surface area contributed by atoms with Gasteiger partial charge in [-0.3, -0.25) is 0 Å². The summed E-state index contributed by atoms with van der Waals surface area (Å²) in [6.07, 6.45) is 3.06. The summed E-state index contributed by atoms with van der Waals surface area (Å²) in [6, 6.07) is 18.3. The van der Waals surface area contributed by atoms with Crippen LogP contribution in [0.3, 0.4) is 0 Å². The van der Waals surface area contributed by atoms with Crippen LogP contribution in [0.1, 0.15) is 17.5 Å². The summed E-state index contributed by atoms with van der Waals surface area (Å²) < 4.78 is 13.6. The summed E-state index contributed by atoms with van der Waals surface area (Å²) in [5.74, 6) is -0.0924. The van der Waals surface area contributed by atoms with E-state index in [1.807, 2.05) is 12.1 Å².